The molecule has 0 radical (unpaired) electrons. The van der Waals surface area contributed by atoms with Gasteiger partial charge in [-0.2, -0.15) is 0 Å². The van der Waals surface area contributed by atoms with Crippen LogP contribution in [0.5, 0.6) is 0 Å². The molecule has 3 aliphatic rings. The van der Waals surface area contributed by atoms with E-state index in [-0.39, 0.29) is 76.2 Å². The number of hydrogen-bond donors (Lipinski definition) is 0. The van der Waals surface area contributed by atoms with Crippen LogP contribution in [0.15, 0.2) is 18.2 Å². The summed E-state index contributed by atoms with van der Waals surface area (Å²) in [5, 5.41) is -1.57. The Morgan fingerprint density at radius 2 is 1.56 bits per heavy atom. The summed E-state index contributed by atoms with van der Waals surface area (Å²) in [4.78, 5) is 0. The Labute approximate surface area is 144 Å². The van der Waals surface area contributed by atoms with E-state index in [1.807, 2.05) is 0 Å². The van der Waals surface area contributed by atoms with Gasteiger partial charge in [0, 0.05) is 0 Å². The SMILES string of the molecule is Fc1cccc(C23CC([B-](F)(F)F)(C2)C3)c1F.[K+]. The molecule has 1 aromatic carbocycles. The van der Waals surface area contributed by atoms with Crippen molar-refractivity contribution in [3.63, 3.8) is 0 Å². The molecule has 0 saturated heterocycles. The summed E-state index contributed by atoms with van der Waals surface area (Å²) in [5.74, 6) is -1.98. The smallest absolute Gasteiger partial charge is 0.449 e. The third kappa shape index (κ3) is 1.78. The molecule has 0 N–H and O–H groups in total. The molecule has 3 fully saturated rings. The van der Waals surface area contributed by atoms with Crippen LogP contribution in [0.25, 0.3) is 0 Å². The quantitative estimate of drug-likeness (QED) is 0.562. The van der Waals surface area contributed by atoms with Gasteiger partial charge >= 0.3 is 58.4 Å². The van der Waals surface area contributed by atoms with E-state index >= 15 is 0 Å². The van der Waals surface area contributed by atoms with Crippen molar-refractivity contribution in [1.82, 2.24) is 0 Å². The zero-order chi connectivity index (χ0) is 12.5. The van der Waals surface area contributed by atoms with Gasteiger partial charge in [-0.15, -0.1) is 0 Å². The van der Waals surface area contributed by atoms with Crippen LogP contribution in [0.3, 0.4) is 0 Å². The third-order valence-corrected chi connectivity index (χ3v) is 4.29. The molecule has 0 aromatic heterocycles. The maximum atomic E-state index is 13.5. The van der Waals surface area contributed by atoms with Gasteiger partial charge in [0.05, 0.1) is 0 Å². The van der Waals surface area contributed by atoms with Gasteiger partial charge in [-0.3, -0.25) is 0 Å². The fourth-order valence-corrected chi connectivity index (χ4v) is 3.41. The monoisotopic (exact) mass is 286 g/mol. The molecule has 1 aromatic rings. The first-order valence-corrected chi connectivity index (χ1v) is 5.44. The summed E-state index contributed by atoms with van der Waals surface area (Å²) >= 11 is 0. The van der Waals surface area contributed by atoms with Crippen LogP contribution in [0.1, 0.15) is 24.8 Å². The first-order valence-electron chi connectivity index (χ1n) is 5.44. The van der Waals surface area contributed by atoms with Gasteiger partial charge in [-0.1, -0.05) is 36.7 Å². The molecular formula is C11H9BF5K. The summed E-state index contributed by atoms with van der Waals surface area (Å²) in [6.45, 7) is -4.87. The van der Waals surface area contributed by atoms with Gasteiger partial charge in [0.1, 0.15) is 0 Å². The average molecular weight is 286 g/mol. The van der Waals surface area contributed by atoms with Crippen molar-refractivity contribution >= 4 is 6.98 Å². The normalized spacial score (nSPS) is 33.2. The van der Waals surface area contributed by atoms with E-state index in [1.165, 1.54) is 12.1 Å². The predicted octanol–water partition coefficient (Wildman–Crippen LogP) is 0.992. The summed E-state index contributed by atoms with van der Waals surface area (Å²) in [6.07, 6.45) is -0.238. The number of hydrogen-bond acceptors (Lipinski definition) is 0. The predicted molar refractivity (Wildman–Crippen MR) is 53.7 cm³/mol. The van der Waals surface area contributed by atoms with Crippen LogP contribution < -0.4 is 51.4 Å². The van der Waals surface area contributed by atoms with Crippen LogP contribution in [-0.4, -0.2) is 6.98 Å². The Morgan fingerprint density at radius 1 is 1.00 bits per heavy atom. The van der Waals surface area contributed by atoms with E-state index in [2.05, 4.69) is 0 Å². The molecule has 0 spiro atoms. The summed E-state index contributed by atoms with van der Waals surface area (Å²) in [7, 11) is 0. The Kier molecular flexibility index (Phi) is 3.56. The molecule has 0 amide bonds. The van der Waals surface area contributed by atoms with Crippen molar-refractivity contribution < 1.29 is 73.1 Å². The first-order chi connectivity index (χ1) is 7.80. The van der Waals surface area contributed by atoms with Gasteiger partial charge in [0.25, 0.3) is 0 Å². The van der Waals surface area contributed by atoms with Crippen molar-refractivity contribution in [3.05, 3.63) is 35.4 Å². The topological polar surface area (TPSA) is 0 Å². The Morgan fingerprint density at radius 3 is 2.06 bits per heavy atom. The van der Waals surface area contributed by atoms with E-state index in [0.29, 0.717) is 0 Å². The molecule has 0 heterocycles. The standard InChI is InChI=1S/C11H9BF5.K/c13-8-3-1-2-7(9(8)14)10-4-11(5-10,6-10)12(15,16)17;/h1-3H,4-6H2;/q-1;+1. The second kappa shape index (κ2) is 4.28. The molecule has 0 nitrogen and oxygen atoms in total. The van der Waals surface area contributed by atoms with Crippen LogP contribution in [0, 0.1) is 11.6 Å². The number of halogens is 5. The minimum atomic E-state index is -4.87. The molecule has 3 saturated carbocycles. The average Bonchev–Trinajstić information content (AvgIpc) is 2.05. The number of rotatable bonds is 2. The zero-order valence-electron chi connectivity index (χ0n) is 9.82. The molecule has 7 heteroatoms. The van der Waals surface area contributed by atoms with Crippen molar-refractivity contribution in [2.24, 2.45) is 0 Å². The second-order valence-electron chi connectivity index (χ2n) is 5.35. The van der Waals surface area contributed by atoms with Gasteiger partial charge in [0.15, 0.2) is 11.6 Å². The van der Waals surface area contributed by atoms with E-state index in [1.54, 1.807) is 0 Å². The van der Waals surface area contributed by atoms with Crippen LogP contribution >= 0.6 is 0 Å². The third-order valence-electron chi connectivity index (χ3n) is 4.29. The molecule has 4 rings (SSSR count). The van der Waals surface area contributed by atoms with E-state index < -0.39 is 29.3 Å². The zero-order valence-corrected chi connectivity index (χ0v) is 12.9. The Bertz CT molecular complexity index is 479. The van der Waals surface area contributed by atoms with E-state index in [4.69, 9.17) is 0 Å². The van der Waals surface area contributed by atoms with Crippen LogP contribution in [0.2, 0.25) is 5.31 Å². The van der Waals surface area contributed by atoms with E-state index in [9.17, 15) is 21.7 Å². The molecule has 0 atom stereocenters. The Balaban J connectivity index is 0.00000120. The summed E-state index contributed by atoms with van der Waals surface area (Å²) in [5.41, 5.74) is -0.650. The maximum Gasteiger partial charge on any atom is 1.00 e. The van der Waals surface area contributed by atoms with Crippen molar-refractivity contribution in [3.8, 4) is 0 Å². The maximum absolute atomic E-state index is 13.5. The Hall–Kier alpha value is 0.571. The fraction of sp³-hybridized carbons (Fsp3) is 0.455. The van der Waals surface area contributed by atoms with E-state index in [0.717, 1.165) is 6.07 Å². The summed E-state index contributed by atoms with van der Waals surface area (Å²) in [6, 6.07) is 3.72. The van der Waals surface area contributed by atoms with Gasteiger partial charge < -0.3 is 12.9 Å². The molecule has 0 aliphatic heterocycles. The van der Waals surface area contributed by atoms with Crippen molar-refractivity contribution in [2.75, 3.05) is 0 Å². The molecule has 0 unspecified atom stereocenters. The fourth-order valence-electron chi connectivity index (χ4n) is 3.41. The first kappa shape index (κ1) is 15.0. The van der Waals surface area contributed by atoms with Crippen molar-refractivity contribution in [2.45, 2.75) is 30.0 Å². The minimum Gasteiger partial charge on any atom is -0.449 e. The summed E-state index contributed by atoms with van der Waals surface area (Å²) < 4.78 is 64.6. The van der Waals surface area contributed by atoms with Gasteiger partial charge in [-0.25, -0.2) is 8.78 Å². The second-order valence-corrected chi connectivity index (χ2v) is 5.35. The molecule has 92 valence electrons. The minimum absolute atomic E-state index is 0. The molecule has 2 bridgehead atoms. The molecular weight excluding hydrogens is 277 g/mol. The van der Waals surface area contributed by atoms with Gasteiger partial charge in [-0.05, 0) is 17.0 Å². The molecule has 18 heavy (non-hydrogen) atoms. The van der Waals surface area contributed by atoms with Gasteiger partial charge in [0.2, 0.25) is 0 Å². The van der Waals surface area contributed by atoms with Crippen LogP contribution in [0.4, 0.5) is 21.7 Å². The number of benzene rings is 1. The van der Waals surface area contributed by atoms with Crippen LogP contribution in [-0.2, 0) is 5.41 Å². The largest absolute Gasteiger partial charge is 1.00 e. The molecule has 3 aliphatic carbocycles. The van der Waals surface area contributed by atoms with Crippen molar-refractivity contribution in [1.29, 1.82) is 0 Å².